The predicted molar refractivity (Wildman–Crippen MR) is 90.8 cm³/mol. The number of anilines is 1. The standard InChI is InChI=1S/C17H22N2O6/c1-4-23-16(20)14-13(12-8-6-9-18-15(12)25-14)19(10-7-11-22-3)17(21)24-5-2/h6,8-9H,4-5,7,10-11H2,1-3H3. The van der Waals surface area contributed by atoms with Gasteiger partial charge in [0.05, 0.1) is 18.6 Å². The van der Waals surface area contributed by atoms with E-state index in [0.717, 1.165) is 0 Å². The van der Waals surface area contributed by atoms with Gasteiger partial charge in [-0.3, -0.25) is 4.90 Å². The normalized spacial score (nSPS) is 10.7. The van der Waals surface area contributed by atoms with Gasteiger partial charge in [-0.2, -0.15) is 0 Å². The minimum atomic E-state index is -0.656. The molecular formula is C17H22N2O6. The minimum absolute atomic E-state index is 0.0685. The lowest BCUT2D eigenvalue weighted by molar-refractivity contribution is 0.0493. The number of amides is 1. The van der Waals surface area contributed by atoms with Crippen molar-refractivity contribution in [1.82, 2.24) is 4.98 Å². The molecule has 0 fully saturated rings. The van der Waals surface area contributed by atoms with Crippen LogP contribution in [0.2, 0.25) is 0 Å². The summed E-state index contributed by atoms with van der Waals surface area (Å²) in [4.78, 5) is 30.2. The van der Waals surface area contributed by atoms with Gasteiger partial charge in [0.15, 0.2) is 0 Å². The highest BCUT2D eigenvalue weighted by molar-refractivity contribution is 6.08. The highest BCUT2D eigenvalue weighted by Gasteiger charge is 2.30. The van der Waals surface area contributed by atoms with Crippen molar-refractivity contribution in [2.75, 3.05) is 38.4 Å². The molecule has 0 atom stereocenters. The minimum Gasteiger partial charge on any atom is -0.460 e. The van der Waals surface area contributed by atoms with Gasteiger partial charge in [0, 0.05) is 26.5 Å². The molecule has 8 heteroatoms. The molecular weight excluding hydrogens is 328 g/mol. The number of hydrogen-bond acceptors (Lipinski definition) is 7. The average molecular weight is 350 g/mol. The van der Waals surface area contributed by atoms with E-state index in [1.807, 2.05) is 0 Å². The number of hydrogen-bond donors (Lipinski definition) is 0. The molecule has 8 nitrogen and oxygen atoms in total. The number of aromatic nitrogens is 1. The number of rotatable bonds is 8. The molecule has 0 N–H and O–H groups in total. The SMILES string of the molecule is CCOC(=O)c1oc2ncccc2c1N(CCCOC)C(=O)OCC. The molecule has 0 aliphatic carbocycles. The molecule has 25 heavy (non-hydrogen) atoms. The van der Waals surface area contributed by atoms with E-state index in [9.17, 15) is 9.59 Å². The Morgan fingerprint density at radius 3 is 2.68 bits per heavy atom. The topological polar surface area (TPSA) is 91.1 Å². The summed E-state index contributed by atoms with van der Waals surface area (Å²) in [5.74, 6) is -0.724. The molecule has 2 aromatic rings. The van der Waals surface area contributed by atoms with Crippen molar-refractivity contribution in [3.05, 3.63) is 24.1 Å². The maximum absolute atomic E-state index is 12.5. The Balaban J connectivity index is 2.52. The summed E-state index contributed by atoms with van der Waals surface area (Å²) in [5.41, 5.74) is 0.553. The first-order valence-electron chi connectivity index (χ1n) is 8.11. The second kappa shape index (κ2) is 9.03. The third kappa shape index (κ3) is 4.27. The summed E-state index contributed by atoms with van der Waals surface area (Å²) >= 11 is 0. The van der Waals surface area contributed by atoms with Crippen LogP contribution >= 0.6 is 0 Å². The average Bonchev–Trinajstić information content (AvgIpc) is 2.98. The molecule has 2 aromatic heterocycles. The van der Waals surface area contributed by atoms with Crippen LogP contribution in [0.5, 0.6) is 0 Å². The van der Waals surface area contributed by atoms with Crippen molar-refractivity contribution in [1.29, 1.82) is 0 Å². The summed E-state index contributed by atoms with van der Waals surface area (Å²) < 4.78 is 20.8. The Bertz CT molecular complexity index is 727. The van der Waals surface area contributed by atoms with Crippen LogP contribution in [0.25, 0.3) is 11.1 Å². The molecule has 0 saturated heterocycles. The van der Waals surface area contributed by atoms with Gasteiger partial charge in [-0.15, -0.1) is 0 Å². The summed E-state index contributed by atoms with van der Waals surface area (Å²) in [5, 5.41) is 0.538. The van der Waals surface area contributed by atoms with Gasteiger partial charge in [0.25, 0.3) is 0 Å². The van der Waals surface area contributed by atoms with Crippen LogP contribution < -0.4 is 4.90 Å². The van der Waals surface area contributed by atoms with Crippen LogP contribution in [-0.2, 0) is 14.2 Å². The summed E-state index contributed by atoms with van der Waals surface area (Å²) in [6.07, 6.45) is 1.53. The smallest absolute Gasteiger partial charge is 0.414 e. The molecule has 0 saturated carbocycles. The zero-order valence-corrected chi connectivity index (χ0v) is 14.6. The van der Waals surface area contributed by atoms with Crippen molar-refractivity contribution < 1.29 is 28.2 Å². The summed E-state index contributed by atoms with van der Waals surface area (Å²) in [7, 11) is 1.58. The number of carbonyl (C=O) groups excluding carboxylic acids is 2. The Labute approximate surface area is 145 Å². The second-order valence-electron chi connectivity index (χ2n) is 5.05. The number of methoxy groups -OCH3 is 1. The molecule has 136 valence electrons. The van der Waals surface area contributed by atoms with E-state index in [-0.39, 0.29) is 24.7 Å². The fourth-order valence-electron chi connectivity index (χ4n) is 2.39. The highest BCUT2D eigenvalue weighted by Crippen LogP contribution is 2.34. The monoisotopic (exact) mass is 350 g/mol. The predicted octanol–water partition coefficient (Wildman–Crippen LogP) is 3.00. The van der Waals surface area contributed by atoms with Gasteiger partial charge in [-0.25, -0.2) is 14.6 Å². The zero-order chi connectivity index (χ0) is 18.2. The number of pyridine rings is 1. The molecule has 0 radical (unpaired) electrons. The molecule has 1 amide bonds. The number of furan rings is 1. The van der Waals surface area contributed by atoms with Crippen molar-refractivity contribution in [3.63, 3.8) is 0 Å². The summed E-state index contributed by atoms with van der Waals surface area (Å²) in [6, 6.07) is 3.43. The van der Waals surface area contributed by atoms with Gasteiger partial charge in [-0.05, 0) is 32.4 Å². The van der Waals surface area contributed by atoms with Gasteiger partial charge in [0.2, 0.25) is 11.5 Å². The third-order valence-corrected chi connectivity index (χ3v) is 3.39. The zero-order valence-electron chi connectivity index (χ0n) is 14.6. The van der Waals surface area contributed by atoms with E-state index in [1.165, 1.54) is 4.90 Å². The van der Waals surface area contributed by atoms with Crippen LogP contribution in [0.3, 0.4) is 0 Å². The molecule has 0 bridgehead atoms. The van der Waals surface area contributed by atoms with Crippen molar-refractivity contribution in [2.45, 2.75) is 20.3 Å². The molecule has 0 spiro atoms. The second-order valence-corrected chi connectivity index (χ2v) is 5.05. The molecule has 2 rings (SSSR count). The van der Waals surface area contributed by atoms with Crippen LogP contribution in [0, 0.1) is 0 Å². The van der Waals surface area contributed by atoms with Crippen LogP contribution in [0.1, 0.15) is 30.8 Å². The number of carbonyl (C=O) groups is 2. The van der Waals surface area contributed by atoms with E-state index < -0.39 is 12.1 Å². The van der Waals surface area contributed by atoms with E-state index >= 15 is 0 Å². The number of fused-ring (bicyclic) bond motifs is 1. The Hall–Kier alpha value is -2.61. The molecule has 0 aliphatic heterocycles. The quantitative estimate of drug-likeness (QED) is 0.534. The Kier molecular flexibility index (Phi) is 6.76. The first kappa shape index (κ1) is 18.7. The van der Waals surface area contributed by atoms with Gasteiger partial charge >= 0.3 is 12.1 Å². The number of nitrogens with zero attached hydrogens (tertiary/aromatic N) is 2. The molecule has 0 aromatic carbocycles. The van der Waals surface area contributed by atoms with Gasteiger partial charge in [-0.1, -0.05) is 0 Å². The van der Waals surface area contributed by atoms with E-state index in [2.05, 4.69) is 4.98 Å². The highest BCUT2D eigenvalue weighted by atomic mass is 16.6. The largest absolute Gasteiger partial charge is 0.460 e. The van der Waals surface area contributed by atoms with Crippen molar-refractivity contribution >= 4 is 28.8 Å². The molecule has 2 heterocycles. The lowest BCUT2D eigenvalue weighted by Crippen LogP contribution is -2.34. The maximum Gasteiger partial charge on any atom is 0.414 e. The molecule has 0 unspecified atom stereocenters. The Morgan fingerprint density at radius 2 is 2.00 bits per heavy atom. The third-order valence-electron chi connectivity index (χ3n) is 3.39. The van der Waals surface area contributed by atoms with E-state index in [4.69, 9.17) is 18.6 Å². The van der Waals surface area contributed by atoms with Gasteiger partial charge in [0.1, 0.15) is 5.69 Å². The Morgan fingerprint density at radius 1 is 1.24 bits per heavy atom. The summed E-state index contributed by atoms with van der Waals surface area (Å²) in [6.45, 7) is 4.56. The van der Waals surface area contributed by atoms with Crippen LogP contribution in [0.4, 0.5) is 10.5 Å². The lowest BCUT2D eigenvalue weighted by atomic mass is 10.2. The maximum atomic E-state index is 12.5. The number of ether oxygens (including phenoxy) is 3. The van der Waals surface area contributed by atoms with Crippen LogP contribution in [-0.4, -0.2) is 50.5 Å². The van der Waals surface area contributed by atoms with Crippen molar-refractivity contribution in [3.8, 4) is 0 Å². The fraction of sp³-hybridized carbons (Fsp3) is 0.471. The van der Waals surface area contributed by atoms with Crippen LogP contribution in [0.15, 0.2) is 22.7 Å². The number of esters is 1. The van der Waals surface area contributed by atoms with Crippen molar-refractivity contribution in [2.24, 2.45) is 0 Å². The van der Waals surface area contributed by atoms with E-state index in [0.29, 0.717) is 30.6 Å². The first-order chi connectivity index (χ1) is 12.1. The molecule has 0 aliphatic rings. The lowest BCUT2D eigenvalue weighted by Gasteiger charge is -2.21. The fourth-order valence-corrected chi connectivity index (χ4v) is 2.39. The first-order valence-corrected chi connectivity index (χ1v) is 8.11. The van der Waals surface area contributed by atoms with E-state index in [1.54, 1.807) is 39.3 Å². The van der Waals surface area contributed by atoms with Gasteiger partial charge < -0.3 is 18.6 Å².